The fourth-order valence-electron chi connectivity index (χ4n) is 1.62. The summed E-state index contributed by atoms with van der Waals surface area (Å²) in [7, 11) is 0. The van der Waals surface area contributed by atoms with Crippen molar-refractivity contribution in [2.45, 2.75) is 18.2 Å². The summed E-state index contributed by atoms with van der Waals surface area (Å²) in [6.07, 6.45) is 2.48. The topological polar surface area (TPSA) is 62.2 Å². The van der Waals surface area contributed by atoms with Gasteiger partial charge in [-0.1, -0.05) is 24.8 Å². The van der Waals surface area contributed by atoms with E-state index in [0.717, 1.165) is 12.1 Å². The monoisotopic (exact) mass is 236 g/mol. The molecule has 16 heavy (non-hydrogen) atoms. The molecule has 1 unspecified atom stereocenters. The molecule has 0 aromatic carbocycles. The van der Waals surface area contributed by atoms with Gasteiger partial charge in [-0.05, 0) is 18.6 Å². The van der Waals surface area contributed by atoms with E-state index in [0.29, 0.717) is 0 Å². The largest absolute Gasteiger partial charge is 0.477 e. The number of rotatable bonds is 3. The van der Waals surface area contributed by atoms with Crippen LogP contribution in [0.2, 0.25) is 0 Å². The van der Waals surface area contributed by atoms with E-state index in [1.54, 1.807) is 11.6 Å². The minimum atomic E-state index is -0.932. The Morgan fingerprint density at radius 2 is 2.44 bits per heavy atom. The Hall–Kier alpha value is -1.49. The third-order valence-corrected chi connectivity index (χ3v) is 3.88. The maximum atomic E-state index is 10.9. The Morgan fingerprint density at radius 3 is 2.94 bits per heavy atom. The Kier molecular flexibility index (Phi) is 2.87. The molecule has 1 aromatic rings. The van der Waals surface area contributed by atoms with E-state index in [1.807, 2.05) is 25.1 Å². The van der Waals surface area contributed by atoms with Crippen LogP contribution in [-0.4, -0.2) is 16.1 Å². The fourth-order valence-corrected chi connectivity index (χ4v) is 2.67. The zero-order valence-corrected chi connectivity index (χ0v) is 9.62. The highest BCUT2D eigenvalue weighted by Crippen LogP contribution is 2.42. The number of aromatic nitrogens is 1. The molecule has 1 atom stereocenters. The summed E-state index contributed by atoms with van der Waals surface area (Å²) in [5, 5.41) is 13.6. The number of pyridine rings is 1. The zero-order chi connectivity index (χ0) is 11.6. The standard InChI is InChI=1S/C11H12N2O2S/c1-2-11(9-5-3-4-6-12-9)13-8(7-16-11)10(14)15/h3-7,13H,2H2,1H3,(H,14,15). The SMILES string of the molecule is CCC1(c2ccccn2)NC(C(=O)O)=CS1. The Labute approximate surface area is 97.8 Å². The van der Waals surface area contributed by atoms with Gasteiger partial charge in [0.25, 0.3) is 0 Å². The van der Waals surface area contributed by atoms with Crippen LogP contribution in [-0.2, 0) is 9.67 Å². The number of carboxylic acids is 1. The summed E-state index contributed by atoms with van der Waals surface area (Å²) in [6, 6.07) is 5.65. The number of carbonyl (C=O) groups is 1. The average molecular weight is 236 g/mol. The molecule has 84 valence electrons. The van der Waals surface area contributed by atoms with Crippen molar-refractivity contribution in [2.24, 2.45) is 0 Å². The minimum Gasteiger partial charge on any atom is -0.477 e. The summed E-state index contributed by atoms with van der Waals surface area (Å²) >= 11 is 1.46. The van der Waals surface area contributed by atoms with Crippen molar-refractivity contribution in [2.75, 3.05) is 0 Å². The first-order chi connectivity index (χ1) is 7.68. The van der Waals surface area contributed by atoms with E-state index in [-0.39, 0.29) is 5.70 Å². The predicted octanol–water partition coefficient (Wildman–Crippen LogP) is 1.91. The zero-order valence-electron chi connectivity index (χ0n) is 8.80. The van der Waals surface area contributed by atoms with Crippen molar-refractivity contribution < 1.29 is 9.90 Å². The van der Waals surface area contributed by atoms with Gasteiger partial charge >= 0.3 is 5.97 Å². The summed E-state index contributed by atoms with van der Waals surface area (Å²) in [6.45, 7) is 2.01. The second-order valence-electron chi connectivity index (χ2n) is 3.48. The van der Waals surface area contributed by atoms with Crippen LogP contribution >= 0.6 is 11.8 Å². The lowest BCUT2D eigenvalue weighted by atomic mass is 10.1. The van der Waals surface area contributed by atoms with Gasteiger partial charge in [0.05, 0.1) is 5.69 Å². The summed E-state index contributed by atoms with van der Waals surface area (Å²) in [5.74, 6) is -0.932. The molecule has 0 spiro atoms. The van der Waals surface area contributed by atoms with Gasteiger partial charge in [0.15, 0.2) is 0 Å². The third-order valence-electron chi connectivity index (χ3n) is 2.52. The van der Waals surface area contributed by atoms with Gasteiger partial charge in [-0.15, -0.1) is 0 Å². The molecule has 0 saturated heterocycles. The fraction of sp³-hybridized carbons (Fsp3) is 0.273. The first-order valence-corrected chi connectivity index (χ1v) is 5.87. The van der Waals surface area contributed by atoms with E-state index in [4.69, 9.17) is 5.11 Å². The molecule has 0 aliphatic carbocycles. The van der Waals surface area contributed by atoms with E-state index in [9.17, 15) is 4.79 Å². The molecule has 4 nitrogen and oxygen atoms in total. The molecule has 2 rings (SSSR count). The first-order valence-electron chi connectivity index (χ1n) is 4.99. The van der Waals surface area contributed by atoms with Crippen LogP contribution in [0.15, 0.2) is 35.5 Å². The summed E-state index contributed by atoms with van der Waals surface area (Å²) in [4.78, 5) is 14.7. The lowest BCUT2D eigenvalue weighted by Gasteiger charge is -2.27. The smallest absolute Gasteiger partial charge is 0.352 e. The van der Waals surface area contributed by atoms with Crippen molar-refractivity contribution in [3.8, 4) is 0 Å². The van der Waals surface area contributed by atoms with Crippen LogP contribution in [0.3, 0.4) is 0 Å². The lowest BCUT2D eigenvalue weighted by Crippen LogP contribution is -2.36. The summed E-state index contributed by atoms with van der Waals surface area (Å²) in [5.41, 5.74) is 1.09. The van der Waals surface area contributed by atoms with Crippen LogP contribution in [0.5, 0.6) is 0 Å². The molecule has 0 fully saturated rings. The van der Waals surface area contributed by atoms with E-state index in [1.165, 1.54) is 11.8 Å². The van der Waals surface area contributed by atoms with E-state index < -0.39 is 10.8 Å². The molecule has 0 amide bonds. The van der Waals surface area contributed by atoms with E-state index >= 15 is 0 Å². The highest BCUT2D eigenvalue weighted by molar-refractivity contribution is 8.03. The average Bonchev–Trinajstić information content (AvgIpc) is 2.76. The molecule has 0 saturated carbocycles. The second-order valence-corrected chi connectivity index (χ2v) is 4.64. The first kappa shape index (κ1) is 11.0. The number of carboxylic acid groups (broad SMARTS) is 1. The number of nitrogens with zero attached hydrogens (tertiary/aromatic N) is 1. The highest BCUT2D eigenvalue weighted by Gasteiger charge is 2.38. The molecular weight excluding hydrogens is 224 g/mol. The van der Waals surface area contributed by atoms with Crippen molar-refractivity contribution in [1.82, 2.24) is 10.3 Å². The van der Waals surface area contributed by atoms with Gasteiger partial charge in [-0.3, -0.25) is 4.98 Å². The van der Waals surface area contributed by atoms with Crippen LogP contribution in [0.1, 0.15) is 19.0 Å². The van der Waals surface area contributed by atoms with Gasteiger partial charge < -0.3 is 10.4 Å². The lowest BCUT2D eigenvalue weighted by molar-refractivity contribution is -0.133. The molecular formula is C11H12N2O2S. The third kappa shape index (κ3) is 1.78. The van der Waals surface area contributed by atoms with Crippen molar-refractivity contribution in [3.05, 3.63) is 41.2 Å². The Bertz CT molecular complexity index is 433. The molecule has 5 heteroatoms. The van der Waals surface area contributed by atoms with Gasteiger partial charge in [0.2, 0.25) is 0 Å². The highest BCUT2D eigenvalue weighted by atomic mass is 32.2. The Balaban J connectivity index is 2.29. The number of hydrogen-bond acceptors (Lipinski definition) is 4. The predicted molar refractivity (Wildman–Crippen MR) is 62.7 cm³/mol. The maximum Gasteiger partial charge on any atom is 0.352 e. The van der Waals surface area contributed by atoms with Crippen LogP contribution in [0.4, 0.5) is 0 Å². The Morgan fingerprint density at radius 1 is 1.62 bits per heavy atom. The molecule has 0 bridgehead atoms. The van der Waals surface area contributed by atoms with Crippen LogP contribution < -0.4 is 5.32 Å². The second kappa shape index (κ2) is 4.17. The van der Waals surface area contributed by atoms with E-state index in [2.05, 4.69) is 10.3 Å². The quantitative estimate of drug-likeness (QED) is 0.839. The number of nitrogens with one attached hydrogen (secondary N) is 1. The molecule has 1 aliphatic heterocycles. The molecule has 1 aromatic heterocycles. The maximum absolute atomic E-state index is 10.9. The summed E-state index contributed by atoms with van der Waals surface area (Å²) < 4.78 is 0. The van der Waals surface area contributed by atoms with Crippen LogP contribution in [0.25, 0.3) is 0 Å². The molecule has 2 heterocycles. The number of aliphatic carboxylic acids is 1. The van der Waals surface area contributed by atoms with Gasteiger partial charge in [-0.25, -0.2) is 4.79 Å². The molecule has 0 radical (unpaired) electrons. The number of thioether (sulfide) groups is 1. The van der Waals surface area contributed by atoms with Gasteiger partial charge in [0, 0.05) is 11.6 Å². The van der Waals surface area contributed by atoms with Gasteiger partial charge in [0.1, 0.15) is 10.6 Å². The molecule has 1 aliphatic rings. The minimum absolute atomic E-state index is 0.234. The molecule has 2 N–H and O–H groups in total. The van der Waals surface area contributed by atoms with Crippen molar-refractivity contribution in [1.29, 1.82) is 0 Å². The van der Waals surface area contributed by atoms with Crippen molar-refractivity contribution in [3.63, 3.8) is 0 Å². The van der Waals surface area contributed by atoms with Gasteiger partial charge in [-0.2, -0.15) is 0 Å². The normalized spacial score (nSPS) is 23.7. The van der Waals surface area contributed by atoms with Crippen LogP contribution in [0, 0.1) is 0 Å². The van der Waals surface area contributed by atoms with Crippen molar-refractivity contribution >= 4 is 17.7 Å². The number of hydrogen-bond donors (Lipinski definition) is 2.